The van der Waals surface area contributed by atoms with E-state index in [1.54, 1.807) is 0 Å². The monoisotopic (exact) mass is 162 g/mol. The van der Waals surface area contributed by atoms with Crippen molar-refractivity contribution in [1.29, 1.82) is 0 Å². The molecule has 62 valence electrons. The zero-order valence-electron chi connectivity index (χ0n) is 6.94. The van der Waals surface area contributed by atoms with E-state index in [1.807, 2.05) is 0 Å². The van der Waals surface area contributed by atoms with Crippen molar-refractivity contribution < 1.29 is 4.52 Å². The summed E-state index contributed by atoms with van der Waals surface area (Å²) in [5.74, 6) is 0. The Morgan fingerprint density at radius 1 is 1.00 bits per heavy atom. The molecular formula is C8H19OP. The number of unbranched alkanes of at least 4 members (excludes halogenated alkanes) is 5. The van der Waals surface area contributed by atoms with Gasteiger partial charge in [0.15, 0.2) is 0 Å². The molecule has 0 saturated heterocycles. The van der Waals surface area contributed by atoms with Gasteiger partial charge in [0, 0.05) is 9.47 Å². The standard InChI is InChI=1S/C8H19OP/c1-2-3-4-5-6-7-8-9-10/h2-8,10H2,1H3. The van der Waals surface area contributed by atoms with Gasteiger partial charge in [0.1, 0.15) is 0 Å². The summed E-state index contributed by atoms with van der Waals surface area (Å²) >= 11 is 0. The van der Waals surface area contributed by atoms with E-state index in [-0.39, 0.29) is 0 Å². The van der Waals surface area contributed by atoms with E-state index >= 15 is 0 Å². The molecule has 1 atom stereocenters. The van der Waals surface area contributed by atoms with Gasteiger partial charge in [-0.05, 0) is 6.42 Å². The molecule has 2 heteroatoms. The molecule has 1 unspecified atom stereocenters. The van der Waals surface area contributed by atoms with Crippen molar-refractivity contribution in [3.63, 3.8) is 0 Å². The molecule has 0 N–H and O–H groups in total. The molecule has 0 bridgehead atoms. The summed E-state index contributed by atoms with van der Waals surface area (Å²) in [4.78, 5) is 0. The third kappa shape index (κ3) is 8.39. The SMILES string of the molecule is CCCCCCCCOP. The third-order valence-electron chi connectivity index (χ3n) is 1.62. The Morgan fingerprint density at radius 3 is 2.20 bits per heavy atom. The first-order valence-electron chi connectivity index (χ1n) is 4.23. The second-order valence-electron chi connectivity index (χ2n) is 2.64. The molecular weight excluding hydrogens is 143 g/mol. The largest absolute Gasteiger partial charge is 0.366 e. The van der Waals surface area contributed by atoms with Gasteiger partial charge in [-0.2, -0.15) is 0 Å². The fourth-order valence-corrected chi connectivity index (χ4v) is 1.13. The van der Waals surface area contributed by atoms with Crippen molar-refractivity contribution in [2.45, 2.75) is 45.4 Å². The summed E-state index contributed by atoms with van der Waals surface area (Å²) in [5, 5.41) is 0. The van der Waals surface area contributed by atoms with Crippen LogP contribution in [-0.2, 0) is 4.52 Å². The Bertz CT molecular complexity index is 49.2. The van der Waals surface area contributed by atoms with Crippen molar-refractivity contribution in [3.05, 3.63) is 0 Å². The Balaban J connectivity index is 2.65. The van der Waals surface area contributed by atoms with Gasteiger partial charge in [0.25, 0.3) is 0 Å². The highest BCUT2D eigenvalue weighted by molar-refractivity contribution is 7.09. The molecule has 1 nitrogen and oxygen atoms in total. The first-order valence-corrected chi connectivity index (χ1v) is 4.70. The van der Waals surface area contributed by atoms with Gasteiger partial charge >= 0.3 is 0 Å². The van der Waals surface area contributed by atoms with Crippen LogP contribution in [0.1, 0.15) is 45.4 Å². The second-order valence-corrected chi connectivity index (χ2v) is 2.97. The van der Waals surface area contributed by atoms with Crippen LogP contribution in [0, 0.1) is 0 Å². The molecule has 10 heavy (non-hydrogen) atoms. The summed E-state index contributed by atoms with van der Waals surface area (Å²) in [5.41, 5.74) is 0. The normalized spacial score (nSPS) is 10.2. The Kier molecular flexibility index (Phi) is 9.76. The van der Waals surface area contributed by atoms with E-state index in [1.165, 1.54) is 38.5 Å². The lowest BCUT2D eigenvalue weighted by Crippen LogP contribution is -1.84. The second kappa shape index (κ2) is 9.39. The lowest BCUT2D eigenvalue weighted by atomic mass is 10.1. The van der Waals surface area contributed by atoms with Crippen LogP contribution in [0.15, 0.2) is 0 Å². The Hall–Kier alpha value is 0.390. The molecule has 0 heterocycles. The van der Waals surface area contributed by atoms with Gasteiger partial charge in [-0.1, -0.05) is 39.0 Å². The molecule has 0 radical (unpaired) electrons. The average Bonchev–Trinajstić information content (AvgIpc) is 1.97. The highest BCUT2D eigenvalue weighted by Gasteiger charge is 1.87. The highest BCUT2D eigenvalue weighted by atomic mass is 31.0. The number of hydrogen-bond acceptors (Lipinski definition) is 1. The molecule has 0 aliphatic rings. The molecule has 0 aromatic rings. The average molecular weight is 162 g/mol. The smallest absolute Gasteiger partial charge is 0.0501 e. The highest BCUT2D eigenvalue weighted by Crippen LogP contribution is 2.05. The molecule has 0 saturated carbocycles. The van der Waals surface area contributed by atoms with Crippen LogP contribution in [0.4, 0.5) is 0 Å². The molecule has 0 spiro atoms. The van der Waals surface area contributed by atoms with Crippen molar-refractivity contribution in [3.8, 4) is 0 Å². The summed E-state index contributed by atoms with van der Waals surface area (Å²) in [6.07, 6.45) is 8.04. The van der Waals surface area contributed by atoms with Crippen molar-refractivity contribution in [2.75, 3.05) is 6.61 Å². The maximum absolute atomic E-state index is 4.87. The fourth-order valence-electron chi connectivity index (χ4n) is 0.966. The molecule has 0 aliphatic carbocycles. The quantitative estimate of drug-likeness (QED) is 0.412. The van der Waals surface area contributed by atoms with Crippen LogP contribution in [0.3, 0.4) is 0 Å². The van der Waals surface area contributed by atoms with E-state index in [0.717, 1.165) is 6.61 Å². The number of rotatable bonds is 7. The maximum Gasteiger partial charge on any atom is 0.0501 e. The Morgan fingerprint density at radius 2 is 1.60 bits per heavy atom. The van der Waals surface area contributed by atoms with Crippen molar-refractivity contribution >= 4 is 9.47 Å². The van der Waals surface area contributed by atoms with E-state index in [2.05, 4.69) is 16.4 Å². The van der Waals surface area contributed by atoms with Gasteiger partial charge in [0.05, 0.1) is 6.61 Å². The minimum atomic E-state index is 0.900. The summed E-state index contributed by atoms with van der Waals surface area (Å²) in [6.45, 7) is 3.14. The first-order chi connectivity index (χ1) is 4.91. The van der Waals surface area contributed by atoms with Gasteiger partial charge in [-0.15, -0.1) is 0 Å². The van der Waals surface area contributed by atoms with Crippen LogP contribution < -0.4 is 0 Å². The summed E-state index contributed by atoms with van der Waals surface area (Å²) in [7, 11) is 2.29. The van der Waals surface area contributed by atoms with Crippen molar-refractivity contribution in [1.82, 2.24) is 0 Å². The fraction of sp³-hybridized carbons (Fsp3) is 1.00. The third-order valence-corrected chi connectivity index (χ3v) is 1.85. The van der Waals surface area contributed by atoms with Crippen LogP contribution in [0.25, 0.3) is 0 Å². The minimum Gasteiger partial charge on any atom is -0.366 e. The maximum atomic E-state index is 4.87. The van der Waals surface area contributed by atoms with E-state index in [9.17, 15) is 0 Å². The molecule has 0 rings (SSSR count). The number of hydrogen-bond donors (Lipinski definition) is 0. The van der Waals surface area contributed by atoms with Gasteiger partial charge in [0.2, 0.25) is 0 Å². The predicted octanol–water partition coefficient (Wildman–Crippen LogP) is 3.15. The molecule has 0 amide bonds. The lowest BCUT2D eigenvalue weighted by molar-refractivity contribution is 0.353. The zero-order valence-corrected chi connectivity index (χ0v) is 8.09. The zero-order chi connectivity index (χ0) is 7.66. The summed E-state index contributed by atoms with van der Waals surface area (Å²) < 4.78 is 4.87. The Labute approximate surface area is 66.8 Å². The van der Waals surface area contributed by atoms with Gasteiger partial charge in [-0.3, -0.25) is 0 Å². The van der Waals surface area contributed by atoms with Gasteiger partial charge in [-0.25, -0.2) is 0 Å². The van der Waals surface area contributed by atoms with E-state index < -0.39 is 0 Å². The van der Waals surface area contributed by atoms with E-state index in [0.29, 0.717) is 0 Å². The lowest BCUT2D eigenvalue weighted by Gasteiger charge is -1.98. The van der Waals surface area contributed by atoms with Crippen molar-refractivity contribution in [2.24, 2.45) is 0 Å². The summed E-state index contributed by atoms with van der Waals surface area (Å²) in [6, 6.07) is 0. The minimum absolute atomic E-state index is 0.900. The molecule has 0 aliphatic heterocycles. The van der Waals surface area contributed by atoms with Crippen LogP contribution in [-0.4, -0.2) is 6.61 Å². The van der Waals surface area contributed by atoms with E-state index in [4.69, 9.17) is 4.52 Å². The molecule has 0 aromatic carbocycles. The first kappa shape index (κ1) is 10.4. The van der Waals surface area contributed by atoms with Crippen LogP contribution in [0.5, 0.6) is 0 Å². The van der Waals surface area contributed by atoms with Crippen LogP contribution in [0.2, 0.25) is 0 Å². The molecule has 0 aromatic heterocycles. The van der Waals surface area contributed by atoms with Gasteiger partial charge < -0.3 is 4.52 Å². The molecule has 0 fully saturated rings. The topological polar surface area (TPSA) is 9.23 Å². The predicted molar refractivity (Wildman–Crippen MR) is 49.0 cm³/mol. The van der Waals surface area contributed by atoms with Crippen LogP contribution >= 0.6 is 9.47 Å².